The van der Waals surface area contributed by atoms with E-state index in [-0.39, 0.29) is 5.91 Å². The molecule has 2 atom stereocenters. The first-order valence-electron chi connectivity index (χ1n) is 8.48. The molecule has 3 nitrogen and oxygen atoms in total. The summed E-state index contributed by atoms with van der Waals surface area (Å²) in [5.74, 6) is 1.80. The first-order chi connectivity index (χ1) is 10.3. The van der Waals surface area contributed by atoms with Gasteiger partial charge in [-0.2, -0.15) is 0 Å². The molecule has 1 amide bonds. The Kier molecular flexibility index (Phi) is 3.36. The van der Waals surface area contributed by atoms with Crippen LogP contribution in [-0.4, -0.2) is 30.4 Å². The minimum absolute atomic E-state index is 0.268. The van der Waals surface area contributed by atoms with E-state index in [0.29, 0.717) is 0 Å². The maximum Gasteiger partial charge on any atom is 0.254 e. The van der Waals surface area contributed by atoms with Crippen LogP contribution in [0.25, 0.3) is 0 Å². The number of fused-ring (bicyclic) bond motifs is 2. The highest BCUT2D eigenvalue weighted by Gasteiger charge is 2.37. The van der Waals surface area contributed by atoms with Crippen LogP contribution in [0.3, 0.4) is 0 Å². The van der Waals surface area contributed by atoms with Crippen LogP contribution in [0, 0.1) is 11.8 Å². The molecule has 21 heavy (non-hydrogen) atoms. The van der Waals surface area contributed by atoms with Gasteiger partial charge in [0.2, 0.25) is 0 Å². The normalized spacial score (nSPS) is 27.7. The summed E-state index contributed by atoms with van der Waals surface area (Å²) in [6.07, 6.45) is 7.51. The van der Waals surface area contributed by atoms with E-state index in [0.717, 1.165) is 49.9 Å². The average molecular weight is 284 g/mol. The van der Waals surface area contributed by atoms with Gasteiger partial charge in [-0.15, -0.1) is 0 Å². The number of anilines is 1. The number of rotatable bonds is 1. The number of nitrogens with one attached hydrogen (secondary N) is 1. The smallest absolute Gasteiger partial charge is 0.254 e. The van der Waals surface area contributed by atoms with Crippen molar-refractivity contribution in [3.8, 4) is 0 Å². The molecule has 1 saturated carbocycles. The Morgan fingerprint density at radius 3 is 2.62 bits per heavy atom. The lowest BCUT2D eigenvalue weighted by Crippen LogP contribution is -2.30. The summed E-state index contributed by atoms with van der Waals surface area (Å²) < 4.78 is 0. The number of hydrogen-bond acceptors (Lipinski definition) is 2. The number of nitrogens with zero attached hydrogens (tertiary/aromatic N) is 1. The van der Waals surface area contributed by atoms with E-state index in [9.17, 15) is 4.79 Å². The minimum atomic E-state index is 0.268. The molecule has 2 fully saturated rings. The van der Waals surface area contributed by atoms with E-state index in [1.54, 1.807) is 0 Å². The Morgan fingerprint density at radius 2 is 1.86 bits per heavy atom. The highest BCUT2D eigenvalue weighted by atomic mass is 16.2. The Balaban J connectivity index is 1.58. The molecule has 3 aliphatic rings. The van der Waals surface area contributed by atoms with Gasteiger partial charge in [-0.1, -0.05) is 18.9 Å². The lowest BCUT2D eigenvalue weighted by molar-refractivity contribution is 0.0783. The number of amides is 1. The van der Waals surface area contributed by atoms with Crippen molar-refractivity contribution >= 4 is 11.6 Å². The zero-order valence-electron chi connectivity index (χ0n) is 12.6. The topological polar surface area (TPSA) is 32.3 Å². The van der Waals surface area contributed by atoms with Crippen LogP contribution in [0.1, 0.15) is 48.0 Å². The molecular formula is C18H24N2O. The van der Waals surface area contributed by atoms with Gasteiger partial charge in [-0.05, 0) is 55.2 Å². The van der Waals surface area contributed by atoms with E-state index in [1.165, 1.54) is 36.9 Å². The van der Waals surface area contributed by atoms with Crippen molar-refractivity contribution in [3.05, 3.63) is 29.3 Å². The van der Waals surface area contributed by atoms with Crippen molar-refractivity contribution in [1.29, 1.82) is 0 Å². The molecule has 2 aliphatic heterocycles. The van der Waals surface area contributed by atoms with Crippen LogP contribution in [0.15, 0.2) is 18.2 Å². The number of carbonyl (C=O) groups excluding carboxylic acids is 1. The summed E-state index contributed by atoms with van der Waals surface area (Å²) in [5, 5.41) is 3.43. The molecular weight excluding hydrogens is 260 g/mol. The predicted molar refractivity (Wildman–Crippen MR) is 84.6 cm³/mol. The van der Waals surface area contributed by atoms with E-state index in [2.05, 4.69) is 16.3 Å². The Labute approximate surface area is 126 Å². The number of benzene rings is 1. The molecule has 112 valence electrons. The summed E-state index contributed by atoms with van der Waals surface area (Å²) in [6, 6.07) is 6.15. The zero-order valence-corrected chi connectivity index (χ0v) is 12.6. The van der Waals surface area contributed by atoms with Gasteiger partial charge in [0.05, 0.1) is 0 Å². The van der Waals surface area contributed by atoms with Crippen molar-refractivity contribution in [2.45, 2.75) is 38.5 Å². The van der Waals surface area contributed by atoms with Gasteiger partial charge in [-0.3, -0.25) is 4.79 Å². The van der Waals surface area contributed by atoms with Crippen LogP contribution in [0.5, 0.6) is 0 Å². The third-order valence-electron chi connectivity index (χ3n) is 5.59. The van der Waals surface area contributed by atoms with Crippen molar-refractivity contribution < 1.29 is 4.79 Å². The largest absolute Gasteiger partial charge is 0.385 e. The molecule has 3 heteroatoms. The van der Waals surface area contributed by atoms with Gasteiger partial charge >= 0.3 is 0 Å². The van der Waals surface area contributed by atoms with Crippen molar-refractivity contribution in [3.63, 3.8) is 0 Å². The Bertz CT molecular complexity index is 540. The van der Waals surface area contributed by atoms with Gasteiger partial charge in [0, 0.05) is 30.9 Å². The Hall–Kier alpha value is -1.51. The second kappa shape index (κ2) is 5.36. The molecule has 1 N–H and O–H groups in total. The molecule has 2 heterocycles. The summed E-state index contributed by atoms with van der Waals surface area (Å²) in [4.78, 5) is 15.1. The van der Waals surface area contributed by atoms with E-state index < -0.39 is 0 Å². The monoisotopic (exact) mass is 284 g/mol. The summed E-state index contributed by atoms with van der Waals surface area (Å²) in [6.45, 7) is 3.00. The second-order valence-electron chi connectivity index (χ2n) is 6.88. The maximum atomic E-state index is 13.0. The molecule has 0 radical (unpaired) electrons. The van der Waals surface area contributed by atoms with Gasteiger partial charge in [0.25, 0.3) is 5.91 Å². The third-order valence-corrected chi connectivity index (χ3v) is 5.59. The summed E-state index contributed by atoms with van der Waals surface area (Å²) in [7, 11) is 0. The predicted octanol–water partition coefficient (Wildman–Crippen LogP) is 3.31. The third kappa shape index (κ3) is 2.33. The lowest BCUT2D eigenvalue weighted by atomic mass is 9.82. The van der Waals surface area contributed by atoms with Gasteiger partial charge in [0.1, 0.15) is 0 Å². The van der Waals surface area contributed by atoms with Gasteiger partial charge in [-0.25, -0.2) is 0 Å². The highest BCUT2D eigenvalue weighted by molar-refractivity contribution is 5.97. The first kappa shape index (κ1) is 13.2. The summed E-state index contributed by atoms with van der Waals surface area (Å²) in [5.41, 5.74) is 3.35. The molecule has 1 aromatic carbocycles. The van der Waals surface area contributed by atoms with Crippen LogP contribution < -0.4 is 5.32 Å². The molecule has 1 saturated heterocycles. The highest BCUT2D eigenvalue weighted by Crippen LogP contribution is 2.37. The van der Waals surface area contributed by atoms with Crippen LogP contribution >= 0.6 is 0 Å². The summed E-state index contributed by atoms with van der Waals surface area (Å²) >= 11 is 0. The molecule has 4 rings (SSSR count). The zero-order chi connectivity index (χ0) is 14.2. The molecule has 1 aliphatic carbocycles. The molecule has 0 bridgehead atoms. The minimum Gasteiger partial charge on any atom is -0.385 e. The standard InChI is InChI=1S/C18H24N2O/c21-18(20-11-13-5-1-2-6-14(13)12-20)16-7-3-9-17-15(16)8-4-10-19-17/h3,7,9,13-14,19H,1-2,4-6,8,10-12H2. The number of likely N-dealkylation sites (tertiary alicyclic amines) is 1. The number of carbonyl (C=O) groups is 1. The van der Waals surface area contributed by atoms with Crippen molar-refractivity contribution in [1.82, 2.24) is 4.90 Å². The lowest BCUT2D eigenvalue weighted by Gasteiger charge is -2.23. The molecule has 2 unspecified atom stereocenters. The van der Waals surface area contributed by atoms with Gasteiger partial charge < -0.3 is 10.2 Å². The quantitative estimate of drug-likeness (QED) is 0.858. The fourth-order valence-corrected chi connectivity index (χ4v) is 4.45. The van der Waals surface area contributed by atoms with Crippen LogP contribution in [-0.2, 0) is 6.42 Å². The molecule has 0 aromatic heterocycles. The second-order valence-corrected chi connectivity index (χ2v) is 6.88. The van der Waals surface area contributed by atoms with E-state index in [1.807, 2.05) is 12.1 Å². The molecule has 1 aromatic rings. The van der Waals surface area contributed by atoms with Crippen LogP contribution in [0.2, 0.25) is 0 Å². The van der Waals surface area contributed by atoms with Crippen LogP contribution in [0.4, 0.5) is 5.69 Å². The SMILES string of the molecule is O=C(c1cccc2c1CCCN2)N1CC2CCCCC2C1. The maximum absolute atomic E-state index is 13.0. The number of hydrogen-bond donors (Lipinski definition) is 1. The fraction of sp³-hybridized carbons (Fsp3) is 0.611. The van der Waals surface area contributed by atoms with E-state index >= 15 is 0 Å². The fourth-order valence-electron chi connectivity index (χ4n) is 4.45. The van der Waals surface area contributed by atoms with Crippen molar-refractivity contribution in [2.24, 2.45) is 11.8 Å². The average Bonchev–Trinajstić information content (AvgIpc) is 2.97. The van der Waals surface area contributed by atoms with Gasteiger partial charge in [0.15, 0.2) is 0 Å². The molecule has 0 spiro atoms. The Morgan fingerprint density at radius 1 is 1.10 bits per heavy atom. The first-order valence-corrected chi connectivity index (χ1v) is 8.48. The van der Waals surface area contributed by atoms with E-state index in [4.69, 9.17) is 0 Å². The van der Waals surface area contributed by atoms with Crippen molar-refractivity contribution in [2.75, 3.05) is 25.0 Å².